The number of halogens is 3. The lowest BCUT2D eigenvalue weighted by Crippen LogP contribution is -2.10. The monoisotopic (exact) mass is 513 g/mol. The highest BCUT2D eigenvalue weighted by Crippen LogP contribution is 2.39. The number of aromatic nitrogens is 3. The summed E-state index contributed by atoms with van der Waals surface area (Å²) in [6, 6.07) is 9.47. The standard InChI is InChI=1S/C26H26F3N5OS/c1-2-3-4-5-6-7-12-35-23-10-9-19(13-20(23)26(27,28)29)32-25-33-21(17-36-25)22-15-31-24-11-8-18(14-30)16-34(22)24/h8-11,13,15-17H,2-7,12H2,1H3,(H,32,33). The first-order valence-electron chi connectivity index (χ1n) is 11.8. The van der Waals surface area contributed by atoms with Crippen LogP contribution >= 0.6 is 11.3 Å². The van der Waals surface area contributed by atoms with Crippen LogP contribution in [0.3, 0.4) is 0 Å². The van der Waals surface area contributed by atoms with E-state index in [1.807, 2.05) is 0 Å². The lowest BCUT2D eigenvalue weighted by atomic mass is 10.1. The third kappa shape index (κ3) is 6.15. The van der Waals surface area contributed by atoms with Crippen LogP contribution in [0.1, 0.15) is 56.6 Å². The summed E-state index contributed by atoms with van der Waals surface area (Å²) in [6.07, 6.45) is 4.97. The first-order valence-corrected chi connectivity index (χ1v) is 12.7. The van der Waals surface area contributed by atoms with Crippen molar-refractivity contribution in [1.82, 2.24) is 14.4 Å². The lowest BCUT2D eigenvalue weighted by molar-refractivity contribution is -0.138. The van der Waals surface area contributed by atoms with Gasteiger partial charge in [-0.25, -0.2) is 9.97 Å². The van der Waals surface area contributed by atoms with Gasteiger partial charge in [-0.1, -0.05) is 39.0 Å². The number of thiazole rings is 1. The molecule has 0 saturated carbocycles. The number of fused-ring (bicyclic) bond motifs is 1. The Kier molecular flexibility index (Phi) is 8.10. The Balaban J connectivity index is 1.46. The normalized spacial score (nSPS) is 11.5. The van der Waals surface area contributed by atoms with Crippen LogP contribution in [-0.4, -0.2) is 21.0 Å². The number of pyridine rings is 1. The Morgan fingerprint density at radius 3 is 2.69 bits per heavy atom. The summed E-state index contributed by atoms with van der Waals surface area (Å²) in [5, 5.41) is 14.4. The molecule has 0 aliphatic rings. The molecule has 188 valence electrons. The average molecular weight is 514 g/mol. The van der Waals surface area contributed by atoms with E-state index in [1.54, 1.807) is 40.4 Å². The fourth-order valence-corrected chi connectivity index (χ4v) is 4.55. The summed E-state index contributed by atoms with van der Waals surface area (Å²) in [5.41, 5.74) is 1.87. The fraction of sp³-hybridized carbons (Fsp3) is 0.346. The highest BCUT2D eigenvalue weighted by atomic mass is 32.1. The summed E-state index contributed by atoms with van der Waals surface area (Å²) in [7, 11) is 0. The number of benzene rings is 1. The molecule has 4 aromatic rings. The van der Waals surface area contributed by atoms with E-state index in [0.717, 1.165) is 38.2 Å². The zero-order valence-electron chi connectivity index (χ0n) is 19.8. The molecule has 0 aliphatic carbocycles. The van der Waals surface area contributed by atoms with Crippen LogP contribution in [0.15, 0.2) is 48.1 Å². The molecular formula is C26H26F3N5OS. The Bertz CT molecular complexity index is 1360. The summed E-state index contributed by atoms with van der Waals surface area (Å²) in [5.74, 6) is -0.166. The maximum absolute atomic E-state index is 13.7. The molecule has 3 heterocycles. The van der Waals surface area contributed by atoms with Crippen LogP contribution in [0, 0.1) is 11.3 Å². The predicted octanol–water partition coefficient (Wildman–Crippen LogP) is 7.83. The topological polar surface area (TPSA) is 75.2 Å². The molecule has 0 spiro atoms. The van der Waals surface area contributed by atoms with Crippen molar-refractivity contribution < 1.29 is 17.9 Å². The summed E-state index contributed by atoms with van der Waals surface area (Å²) in [4.78, 5) is 8.83. The van der Waals surface area contributed by atoms with Gasteiger partial charge in [-0.05, 0) is 36.8 Å². The SMILES string of the molecule is CCCCCCCCOc1ccc(Nc2nc(-c3cnc4ccc(C#N)cn34)cs2)cc1C(F)(F)F. The molecule has 36 heavy (non-hydrogen) atoms. The molecule has 0 bridgehead atoms. The van der Waals surface area contributed by atoms with E-state index < -0.39 is 11.7 Å². The molecule has 0 saturated heterocycles. The average Bonchev–Trinajstić information content (AvgIpc) is 3.49. The zero-order chi connectivity index (χ0) is 25.5. The molecule has 6 nitrogen and oxygen atoms in total. The third-order valence-corrected chi connectivity index (χ3v) is 6.45. The minimum absolute atomic E-state index is 0.166. The molecule has 10 heteroatoms. The Hall–Kier alpha value is -3.58. The number of hydrogen-bond donors (Lipinski definition) is 1. The van der Waals surface area contributed by atoms with Crippen LogP contribution in [0.4, 0.5) is 24.0 Å². The maximum atomic E-state index is 13.7. The van der Waals surface area contributed by atoms with Crippen molar-refractivity contribution in [2.45, 2.75) is 51.6 Å². The minimum Gasteiger partial charge on any atom is -0.493 e. The molecule has 0 unspecified atom stereocenters. The number of nitriles is 1. The molecule has 0 atom stereocenters. The van der Waals surface area contributed by atoms with E-state index in [2.05, 4.69) is 28.3 Å². The molecular weight excluding hydrogens is 487 g/mol. The van der Waals surface area contributed by atoms with Gasteiger partial charge in [0.25, 0.3) is 0 Å². The summed E-state index contributed by atoms with van der Waals surface area (Å²) < 4.78 is 48.4. The predicted molar refractivity (Wildman–Crippen MR) is 135 cm³/mol. The summed E-state index contributed by atoms with van der Waals surface area (Å²) in [6.45, 7) is 2.39. The number of hydrogen-bond acceptors (Lipinski definition) is 6. The number of nitrogens with one attached hydrogen (secondary N) is 1. The van der Waals surface area contributed by atoms with Crippen molar-refractivity contribution in [3.05, 3.63) is 59.2 Å². The fourth-order valence-electron chi connectivity index (χ4n) is 3.83. The van der Waals surface area contributed by atoms with Gasteiger partial charge in [-0.2, -0.15) is 18.4 Å². The van der Waals surface area contributed by atoms with Crippen LogP contribution in [-0.2, 0) is 6.18 Å². The van der Waals surface area contributed by atoms with Gasteiger partial charge in [0.1, 0.15) is 23.2 Å². The van der Waals surface area contributed by atoms with Gasteiger partial charge < -0.3 is 10.1 Å². The van der Waals surface area contributed by atoms with Gasteiger partial charge in [-0.15, -0.1) is 11.3 Å². The number of alkyl halides is 3. The van der Waals surface area contributed by atoms with E-state index in [-0.39, 0.29) is 18.0 Å². The van der Waals surface area contributed by atoms with Gasteiger partial charge >= 0.3 is 6.18 Å². The second-order valence-electron chi connectivity index (χ2n) is 8.39. The molecule has 0 aliphatic heterocycles. The van der Waals surface area contributed by atoms with E-state index in [1.165, 1.54) is 23.8 Å². The smallest absolute Gasteiger partial charge is 0.420 e. The van der Waals surface area contributed by atoms with E-state index in [4.69, 9.17) is 10.00 Å². The highest BCUT2D eigenvalue weighted by Gasteiger charge is 2.34. The van der Waals surface area contributed by atoms with Crippen LogP contribution in [0.2, 0.25) is 0 Å². The largest absolute Gasteiger partial charge is 0.493 e. The van der Waals surface area contributed by atoms with Crippen LogP contribution in [0.5, 0.6) is 5.75 Å². The quantitative estimate of drug-likeness (QED) is 0.207. The van der Waals surface area contributed by atoms with E-state index in [9.17, 15) is 13.2 Å². The number of imidazole rings is 1. The molecule has 4 rings (SSSR count). The molecule has 0 fully saturated rings. The van der Waals surface area contributed by atoms with Crippen molar-refractivity contribution in [3.8, 4) is 23.2 Å². The summed E-state index contributed by atoms with van der Waals surface area (Å²) >= 11 is 1.26. The Morgan fingerprint density at radius 1 is 1.11 bits per heavy atom. The minimum atomic E-state index is -4.54. The van der Waals surface area contributed by atoms with Crippen molar-refractivity contribution in [3.63, 3.8) is 0 Å². The number of rotatable bonds is 11. The van der Waals surface area contributed by atoms with Crippen molar-refractivity contribution in [2.24, 2.45) is 0 Å². The number of ether oxygens (including phenoxy) is 1. The van der Waals surface area contributed by atoms with Crippen molar-refractivity contribution in [1.29, 1.82) is 5.26 Å². The second-order valence-corrected chi connectivity index (χ2v) is 9.25. The van der Waals surface area contributed by atoms with Gasteiger partial charge in [0.2, 0.25) is 0 Å². The first-order chi connectivity index (χ1) is 17.4. The molecule has 1 N–H and O–H groups in total. The first kappa shape index (κ1) is 25.5. The molecule has 3 aromatic heterocycles. The Morgan fingerprint density at radius 2 is 1.92 bits per heavy atom. The second kappa shape index (κ2) is 11.4. The maximum Gasteiger partial charge on any atom is 0.420 e. The van der Waals surface area contributed by atoms with Gasteiger partial charge in [0, 0.05) is 17.3 Å². The van der Waals surface area contributed by atoms with E-state index in [0.29, 0.717) is 27.7 Å². The van der Waals surface area contributed by atoms with Gasteiger partial charge in [-0.3, -0.25) is 4.40 Å². The third-order valence-electron chi connectivity index (χ3n) is 5.69. The molecule has 0 amide bonds. The number of anilines is 2. The number of nitrogens with zero attached hydrogens (tertiary/aromatic N) is 4. The van der Waals surface area contributed by atoms with Gasteiger partial charge in [0.05, 0.1) is 29.6 Å². The van der Waals surface area contributed by atoms with Crippen molar-refractivity contribution in [2.75, 3.05) is 11.9 Å². The van der Waals surface area contributed by atoms with Crippen LogP contribution in [0.25, 0.3) is 17.0 Å². The number of unbranched alkanes of at least 4 members (excludes halogenated alkanes) is 5. The zero-order valence-corrected chi connectivity index (χ0v) is 20.6. The van der Waals surface area contributed by atoms with Gasteiger partial charge in [0.15, 0.2) is 5.13 Å². The highest BCUT2D eigenvalue weighted by molar-refractivity contribution is 7.14. The van der Waals surface area contributed by atoms with Crippen LogP contribution < -0.4 is 10.1 Å². The molecule has 1 aromatic carbocycles. The molecule has 0 radical (unpaired) electrons. The van der Waals surface area contributed by atoms with Crippen molar-refractivity contribution >= 4 is 27.8 Å². The lowest BCUT2D eigenvalue weighted by Gasteiger charge is -2.15. The van der Waals surface area contributed by atoms with E-state index >= 15 is 0 Å². The Labute approximate surface area is 211 Å².